The van der Waals surface area contributed by atoms with Gasteiger partial charge in [0.15, 0.2) is 0 Å². The molecule has 2 unspecified atom stereocenters. The fourth-order valence-electron chi connectivity index (χ4n) is 3.77. The fraction of sp³-hybridized carbons (Fsp3) is 0.556. The van der Waals surface area contributed by atoms with Crippen LogP contribution in [0.5, 0.6) is 0 Å². The SMILES string of the molecule is CC1CCCCN1S(=O)(=O)c1ccc(C(=O)N2CCCC2C(=O)O)cc1. The molecule has 2 heterocycles. The summed E-state index contributed by atoms with van der Waals surface area (Å²) in [5.41, 5.74) is 0.309. The van der Waals surface area contributed by atoms with Gasteiger partial charge >= 0.3 is 5.97 Å². The predicted molar refractivity (Wildman–Crippen MR) is 95.3 cm³/mol. The number of sulfonamides is 1. The van der Waals surface area contributed by atoms with Crippen LogP contribution in [-0.2, 0) is 14.8 Å². The van der Waals surface area contributed by atoms with Crippen LogP contribution in [0.3, 0.4) is 0 Å². The molecule has 0 spiro atoms. The van der Waals surface area contributed by atoms with Gasteiger partial charge in [0.05, 0.1) is 4.90 Å². The summed E-state index contributed by atoms with van der Waals surface area (Å²) in [5, 5.41) is 9.22. The second kappa shape index (κ2) is 7.36. The molecule has 2 aliphatic heterocycles. The summed E-state index contributed by atoms with van der Waals surface area (Å²) in [5.74, 6) is -1.38. The van der Waals surface area contributed by atoms with Crippen molar-refractivity contribution in [3.8, 4) is 0 Å². The van der Waals surface area contributed by atoms with Crippen molar-refractivity contribution in [3.63, 3.8) is 0 Å². The zero-order chi connectivity index (χ0) is 18.9. The van der Waals surface area contributed by atoms with Crippen molar-refractivity contribution in [3.05, 3.63) is 29.8 Å². The molecule has 0 bridgehead atoms. The quantitative estimate of drug-likeness (QED) is 0.861. The Morgan fingerprint density at radius 2 is 1.73 bits per heavy atom. The molecule has 1 aromatic rings. The van der Waals surface area contributed by atoms with Crippen LogP contribution in [0, 0.1) is 0 Å². The largest absolute Gasteiger partial charge is 0.480 e. The summed E-state index contributed by atoms with van der Waals surface area (Å²) >= 11 is 0. The van der Waals surface area contributed by atoms with E-state index in [4.69, 9.17) is 0 Å². The van der Waals surface area contributed by atoms with E-state index in [1.165, 1.54) is 33.5 Å². The summed E-state index contributed by atoms with van der Waals surface area (Å²) in [7, 11) is -3.58. The Morgan fingerprint density at radius 1 is 1.04 bits per heavy atom. The zero-order valence-corrected chi connectivity index (χ0v) is 15.6. The van der Waals surface area contributed by atoms with Crippen molar-refractivity contribution in [1.29, 1.82) is 0 Å². The Kier molecular flexibility index (Phi) is 5.34. The number of likely N-dealkylation sites (tertiary alicyclic amines) is 1. The number of carbonyl (C=O) groups excluding carboxylic acids is 1. The topological polar surface area (TPSA) is 95.0 Å². The maximum Gasteiger partial charge on any atom is 0.326 e. The number of carbonyl (C=O) groups is 2. The van der Waals surface area contributed by atoms with E-state index >= 15 is 0 Å². The molecular formula is C18H24N2O5S. The first-order valence-electron chi connectivity index (χ1n) is 8.98. The number of piperidine rings is 1. The molecule has 0 saturated carbocycles. The molecule has 0 aliphatic carbocycles. The lowest BCUT2D eigenvalue weighted by Crippen LogP contribution is -2.42. The molecule has 2 saturated heterocycles. The van der Waals surface area contributed by atoms with Crippen molar-refractivity contribution in [1.82, 2.24) is 9.21 Å². The van der Waals surface area contributed by atoms with E-state index in [0.717, 1.165) is 19.3 Å². The molecule has 26 heavy (non-hydrogen) atoms. The third-order valence-electron chi connectivity index (χ3n) is 5.25. The van der Waals surface area contributed by atoms with E-state index in [0.29, 0.717) is 31.5 Å². The molecule has 8 heteroatoms. The minimum atomic E-state index is -3.58. The van der Waals surface area contributed by atoms with Crippen LogP contribution in [0.25, 0.3) is 0 Å². The van der Waals surface area contributed by atoms with Crippen molar-refractivity contribution < 1.29 is 23.1 Å². The highest BCUT2D eigenvalue weighted by molar-refractivity contribution is 7.89. The number of nitrogens with zero attached hydrogens (tertiary/aromatic N) is 2. The van der Waals surface area contributed by atoms with Crippen LogP contribution < -0.4 is 0 Å². The van der Waals surface area contributed by atoms with Crippen molar-refractivity contribution in [2.24, 2.45) is 0 Å². The Labute approximate surface area is 153 Å². The number of aliphatic carboxylic acids is 1. The first-order valence-corrected chi connectivity index (χ1v) is 10.4. The smallest absolute Gasteiger partial charge is 0.326 e. The maximum absolute atomic E-state index is 12.8. The van der Waals surface area contributed by atoms with Gasteiger partial charge in [-0.05, 0) is 56.9 Å². The number of hydrogen-bond acceptors (Lipinski definition) is 4. The van der Waals surface area contributed by atoms with Gasteiger partial charge in [-0.1, -0.05) is 6.42 Å². The van der Waals surface area contributed by atoms with Crippen LogP contribution in [0.15, 0.2) is 29.2 Å². The lowest BCUT2D eigenvalue weighted by molar-refractivity contribution is -0.141. The lowest BCUT2D eigenvalue weighted by Gasteiger charge is -2.32. The second-order valence-electron chi connectivity index (χ2n) is 6.98. The van der Waals surface area contributed by atoms with E-state index in [2.05, 4.69) is 0 Å². The van der Waals surface area contributed by atoms with Gasteiger partial charge in [-0.2, -0.15) is 4.31 Å². The molecule has 2 atom stereocenters. The Bertz CT molecular complexity index is 790. The van der Waals surface area contributed by atoms with E-state index < -0.39 is 22.0 Å². The van der Waals surface area contributed by atoms with E-state index in [-0.39, 0.29) is 16.8 Å². The van der Waals surface area contributed by atoms with Gasteiger partial charge < -0.3 is 10.0 Å². The molecule has 1 aromatic carbocycles. The van der Waals surface area contributed by atoms with Gasteiger partial charge in [-0.15, -0.1) is 0 Å². The van der Waals surface area contributed by atoms with Crippen molar-refractivity contribution in [2.75, 3.05) is 13.1 Å². The minimum Gasteiger partial charge on any atom is -0.480 e. The zero-order valence-electron chi connectivity index (χ0n) is 14.8. The summed E-state index contributed by atoms with van der Waals surface area (Å²) in [6.45, 7) is 2.83. The first-order chi connectivity index (χ1) is 12.3. The third kappa shape index (κ3) is 3.48. The van der Waals surface area contributed by atoms with Crippen LogP contribution in [-0.4, -0.2) is 59.8 Å². The number of benzene rings is 1. The molecule has 142 valence electrons. The summed E-state index contributed by atoms with van der Waals surface area (Å²) in [6.07, 6.45) is 3.83. The lowest BCUT2D eigenvalue weighted by atomic mass is 10.1. The van der Waals surface area contributed by atoms with Crippen LogP contribution in [0.2, 0.25) is 0 Å². The maximum atomic E-state index is 12.8. The monoisotopic (exact) mass is 380 g/mol. The van der Waals surface area contributed by atoms with Crippen molar-refractivity contribution in [2.45, 2.75) is 56.0 Å². The summed E-state index contributed by atoms with van der Waals surface area (Å²) < 4.78 is 27.2. The Balaban J connectivity index is 1.80. The Morgan fingerprint density at radius 3 is 2.35 bits per heavy atom. The molecule has 2 fully saturated rings. The summed E-state index contributed by atoms with van der Waals surface area (Å²) in [4.78, 5) is 25.4. The molecule has 1 N–H and O–H groups in total. The fourth-order valence-corrected chi connectivity index (χ4v) is 5.47. The van der Waals surface area contributed by atoms with E-state index in [9.17, 15) is 23.1 Å². The number of rotatable bonds is 4. The Hall–Kier alpha value is -1.93. The first kappa shape index (κ1) is 18.8. The van der Waals surface area contributed by atoms with E-state index in [1.54, 1.807) is 0 Å². The normalized spacial score (nSPS) is 24.6. The molecule has 3 rings (SSSR count). The number of amides is 1. The van der Waals surface area contributed by atoms with Crippen molar-refractivity contribution >= 4 is 21.9 Å². The number of carboxylic acid groups (broad SMARTS) is 1. The molecular weight excluding hydrogens is 356 g/mol. The predicted octanol–water partition coefficient (Wildman–Crippen LogP) is 1.94. The van der Waals surface area contributed by atoms with Crippen LogP contribution in [0.1, 0.15) is 49.4 Å². The molecule has 1 amide bonds. The standard InChI is InChI=1S/C18H24N2O5S/c1-13-5-2-3-12-20(13)26(24,25)15-9-7-14(8-10-15)17(21)19-11-4-6-16(19)18(22)23/h7-10,13,16H,2-6,11-12H2,1H3,(H,22,23). The second-order valence-corrected chi connectivity index (χ2v) is 8.87. The molecule has 0 radical (unpaired) electrons. The average Bonchev–Trinajstić information content (AvgIpc) is 3.11. The number of carboxylic acids is 1. The highest BCUT2D eigenvalue weighted by Gasteiger charge is 2.35. The van der Waals surface area contributed by atoms with Crippen LogP contribution >= 0.6 is 0 Å². The van der Waals surface area contributed by atoms with Gasteiger partial charge in [-0.3, -0.25) is 4.79 Å². The number of hydrogen-bond donors (Lipinski definition) is 1. The van der Waals surface area contributed by atoms with E-state index in [1.807, 2.05) is 6.92 Å². The van der Waals surface area contributed by atoms with Gasteiger partial charge in [-0.25, -0.2) is 13.2 Å². The van der Waals surface area contributed by atoms with Crippen LogP contribution in [0.4, 0.5) is 0 Å². The highest BCUT2D eigenvalue weighted by atomic mass is 32.2. The van der Waals surface area contributed by atoms with Gasteiger partial charge in [0.1, 0.15) is 6.04 Å². The highest BCUT2D eigenvalue weighted by Crippen LogP contribution is 2.26. The average molecular weight is 380 g/mol. The summed E-state index contributed by atoms with van der Waals surface area (Å²) in [6, 6.07) is 4.99. The molecule has 7 nitrogen and oxygen atoms in total. The van der Waals surface area contributed by atoms with Gasteiger partial charge in [0.25, 0.3) is 5.91 Å². The van der Waals surface area contributed by atoms with Gasteiger partial charge in [0, 0.05) is 24.7 Å². The minimum absolute atomic E-state index is 0.0315. The third-order valence-corrected chi connectivity index (χ3v) is 7.28. The molecule has 0 aromatic heterocycles. The van der Waals surface area contributed by atoms with Gasteiger partial charge in [0.2, 0.25) is 10.0 Å². The molecule has 2 aliphatic rings.